The lowest BCUT2D eigenvalue weighted by Gasteiger charge is -2.23. The van der Waals surface area contributed by atoms with Gasteiger partial charge in [-0.1, -0.05) is 35.9 Å². The van der Waals surface area contributed by atoms with Crippen molar-refractivity contribution < 1.29 is 0 Å². The number of aryl methyl sites for hydroxylation is 1. The first kappa shape index (κ1) is 19.4. The molecule has 0 fully saturated rings. The summed E-state index contributed by atoms with van der Waals surface area (Å²) in [5.41, 5.74) is 3.18. The van der Waals surface area contributed by atoms with Gasteiger partial charge in [-0.15, -0.1) is 11.3 Å². The van der Waals surface area contributed by atoms with Crippen LogP contribution in [0.1, 0.15) is 28.1 Å². The molecular formula is C23H21ClN4OS. The molecule has 3 heterocycles. The zero-order valence-corrected chi connectivity index (χ0v) is 17.9. The highest BCUT2D eigenvalue weighted by molar-refractivity contribution is 7.18. The normalized spacial score (nSPS) is 16.0. The molecule has 3 aromatic heterocycles. The van der Waals surface area contributed by atoms with E-state index in [0.29, 0.717) is 12.6 Å². The molecule has 1 aliphatic rings. The number of pyridine rings is 1. The van der Waals surface area contributed by atoms with Crippen molar-refractivity contribution in [1.29, 1.82) is 0 Å². The largest absolute Gasteiger partial charge is 0.309 e. The second kappa shape index (κ2) is 8.30. The maximum Gasteiger partial charge on any atom is 0.262 e. The number of rotatable bonds is 5. The minimum atomic E-state index is 0.0330. The van der Waals surface area contributed by atoms with Gasteiger partial charge in [-0.05, 0) is 48.6 Å². The standard InChI is InChI=1S/C23H21ClN4OS/c24-19-7-2-1-5-15(19)12-26-16-8-9-18-20(11-16)30-22-21(18)23(29)28(14-27-22)13-17-6-3-4-10-25-17/h1-7,10,14,16,26H,8-9,11-13H2/t16-/m0/s1. The Morgan fingerprint density at radius 3 is 2.87 bits per heavy atom. The molecule has 0 aliphatic heterocycles. The predicted octanol–water partition coefficient (Wildman–Crippen LogP) is 4.20. The quantitative estimate of drug-likeness (QED) is 0.509. The third kappa shape index (κ3) is 3.78. The maximum absolute atomic E-state index is 13.2. The molecular weight excluding hydrogens is 416 g/mol. The van der Waals surface area contributed by atoms with Crippen LogP contribution < -0.4 is 10.9 Å². The van der Waals surface area contributed by atoms with E-state index in [1.165, 1.54) is 10.4 Å². The first-order chi connectivity index (χ1) is 14.7. The Hall–Kier alpha value is -2.54. The van der Waals surface area contributed by atoms with Crippen LogP contribution in [0.5, 0.6) is 0 Å². The van der Waals surface area contributed by atoms with E-state index in [2.05, 4.69) is 21.4 Å². The van der Waals surface area contributed by atoms with Gasteiger partial charge in [0.25, 0.3) is 5.56 Å². The number of benzene rings is 1. The van der Waals surface area contributed by atoms with E-state index < -0.39 is 0 Å². The minimum absolute atomic E-state index is 0.0330. The van der Waals surface area contributed by atoms with Gasteiger partial charge in [-0.3, -0.25) is 14.3 Å². The van der Waals surface area contributed by atoms with Crippen LogP contribution in [0.4, 0.5) is 0 Å². The summed E-state index contributed by atoms with van der Waals surface area (Å²) in [6.07, 6.45) is 6.20. The van der Waals surface area contributed by atoms with Crippen LogP contribution in [-0.2, 0) is 25.9 Å². The van der Waals surface area contributed by atoms with Crippen LogP contribution in [0.15, 0.2) is 59.8 Å². The summed E-state index contributed by atoms with van der Waals surface area (Å²) in [7, 11) is 0. The lowest BCUT2D eigenvalue weighted by atomic mass is 9.93. The lowest BCUT2D eigenvalue weighted by Crippen LogP contribution is -2.34. The molecule has 0 saturated carbocycles. The Bertz CT molecular complexity index is 1250. The number of nitrogens with zero attached hydrogens (tertiary/aromatic N) is 3. The summed E-state index contributed by atoms with van der Waals surface area (Å²) < 4.78 is 1.67. The maximum atomic E-state index is 13.2. The zero-order chi connectivity index (χ0) is 20.5. The number of hydrogen-bond acceptors (Lipinski definition) is 5. The predicted molar refractivity (Wildman–Crippen MR) is 121 cm³/mol. The number of thiophene rings is 1. The van der Waals surface area contributed by atoms with E-state index in [9.17, 15) is 4.79 Å². The molecule has 5 nitrogen and oxygen atoms in total. The van der Waals surface area contributed by atoms with E-state index in [1.807, 2.05) is 36.4 Å². The van der Waals surface area contributed by atoms with Crippen LogP contribution in [-0.4, -0.2) is 20.6 Å². The number of hydrogen-bond donors (Lipinski definition) is 1. The molecule has 0 spiro atoms. The van der Waals surface area contributed by atoms with Gasteiger partial charge in [0, 0.05) is 28.7 Å². The highest BCUT2D eigenvalue weighted by Crippen LogP contribution is 2.33. The monoisotopic (exact) mass is 436 g/mol. The molecule has 4 aromatic rings. The second-order valence-corrected chi connectivity index (χ2v) is 9.09. The lowest BCUT2D eigenvalue weighted by molar-refractivity contribution is 0.463. The molecule has 0 radical (unpaired) electrons. The average Bonchev–Trinajstić information content (AvgIpc) is 3.14. The van der Waals surface area contributed by atoms with E-state index >= 15 is 0 Å². The summed E-state index contributed by atoms with van der Waals surface area (Å²) in [6.45, 7) is 1.19. The van der Waals surface area contributed by atoms with E-state index in [0.717, 1.165) is 52.3 Å². The summed E-state index contributed by atoms with van der Waals surface area (Å²) in [5.74, 6) is 0. The van der Waals surface area contributed by atoms with Crippen molar-refractivity contribution in [3.8, 4) is 0 Å². The minimum Gasteiger partial charge on any atom is -0.309 e. The Balaban J connectivity index is 1.37. The molecule has 0 saturated heterocycles. The fourth-order valence-corrected chi connectivity index (χ4v) is 5.51. The highest BCUT2D eigenvalue weighted by Gasteiger charge is 2.25. The van der Waals surface area contributed by atoms with Crippen LogP contribution in [0.25, 0.3) is 10.2 Å². The van der Waals surface area contributed by atoms with Gasteiger partial charge in [0.05, 0.1) is 24.0 Å². The molecule has 0 bridgehead atoms. The molecule has 0 unspecified atom stereocenters. The number of fused-ring (bicyclic) bond motifs is 3. The highest BCUT2D eigenvalue weighted by atomic mass is 35.5. The Morgan fingerprint density at radius 2 is 2.03 bits per heavy atom. The molecule has 1 aliphatic carbocycles. The van der Waals surface area contributed by atoms with E-state index in [-0.39, 0.29) is 5.56 Å². The van der Waals surface area contributed by atoms with Gasteiger partial charge in [0.15, 0.2) is 0 Å². The number of nitrogens with one attached hydrogen (secondary N) is 1. The fraction of sp³-hybridized carbons (Fsp3) is 0.261. The molecule has 30 heavy (non-hydrogen) atoms. The number of aromatic nitrogens is 3. The van der Waals surface area contributed by atoms with Crippen molar-refractivity contribution in [1.82, 2.24) is 19.9 Å². The van der Waals surface area contributed by atoms with Crippen LogP contribution in [0, 0.1) is 0 Å². The molecule has 0 amide bonds. The van der Waals surface area contributed by atoms with Crippen LogP contribution >= 0.6 is 22.9 Å². The Morgan fingerprint density at radius 1 is 1.17 bits per heavy atom. The third-order valence-electron chi connectivity index (χ3n) is 5.63. The third-order valence-corrected chi connectivity index (χ3v) is 7.16. The molecule has 5 rings (SSSR count). The molecule has 152 valence electrons. The smallest absolute Gasteiger partial charge is 0.262 e. The number of halogens is 1. The van der Waals surface area contributed by atoms with Crippen molar-refractivity contribution in [2.75, 3.05) is 0 Å². The van der Waals surface area contributed by atoms with Gasteiger partial charge in [-0.25, -0.2) is 4.98 Å². The van der Waals surface area contributed by atoms with Crippen LogP contribution in [0.2, 0.25) is 5.02 Å². The van der Waals surface area contributed by atoms with E-state index in [4.69, 9.17) is 11.6 Å². The van der Waals surface area contributed by atoms with Crippen LogP contribution in [0.3, 0.4) is 0 Å². The topological polar surface area (TPSA) is 59.8 Å². The Labute approximate surface area is 183 Å². The van der Waals surface area contributed by atoms with Crippen molar-refractivity contribution >= 4 is 33.2 Å². The van der Waals surface area contributed by atoms with Crippen molar-refractivity contribution in [3.63, 3.8) is 0 Å². The summed E-state index contributed by atoms with van der Waals surface area (Å²) in [5, 5.41) is 5.22. The summed E-state index contributed by atoms with van der Waals surface area (Å²) in [4.78, 5) is 24.2. The first-order valence-corrected chi connectivity index (χ1v) is 11.2. The van der Waals surface area contributed by atoms with Crippen molar-refractivity contribution in [2.24, 2.45) is 0 Å². The van der Waals surface area contributed by atoms with Crippen molar-refractivity contribution in [3.05, 3.63) is 92.1 Å². The van der Waals surface area contributed by atoms with E-state index in [1.54, 1.807) is 28.4 Å². The molecule has 1 N–H and O–H groups in total. The molecule has 1 aromatic carbocycles. The van der Waals surface area contributed by atoms with Gasteiger partial charge >= 0.3 is 0 Å². The van der Waals surface area contributed by atoms with Gasteiger partial charge in [0.2, 0.25) is 0 Å². The Kier molecular flexibility index (Phi) is 5.37. The zero-order valence-electron chi connectivity index (χ0n) is 16.3. The van der Waals surface area contributed by atoms with Gasteiger partial charge < -0.3 is 5.32 Å². The average molecular weight is 437 g/mol. The fourth-order valence-electron chi connectivity index (χ4n) is 4.05. The molecule has 1 atom stereocenters. The summed E-state index contributed by atoms with van der Waals surface area (Å²) in [6, 6.07) is 14.0. The molecule has 7 heteroatoms. The summed E-state index contributed by atoms with van der Waals surface area (Å²) >= 11 is 7.93. The first-order valence-electron chi connectivity index (χ1n) is 10.1. The van der Waals surface area contributed by atoms with Gasteiger partial charge in [-0.2, -0.15) is 0 Å². The van der Waals surface area contributed by atoms with Gasteiger partial charge in [0.1, 0.15) is 4.83 Å². The van der Waals surface area contributed by atoms with Crippen molar-refractivity contribution in [2.45, 2.75) is 38.4 Å². The SMILES string of the molecule is O=c1c2c3c(sc2ncn1Cc1ccccn1)C[C@@H](NCc1ccccc1Cl)CC3. The second-order valence-electron chi connectivity index (χ2n) is 7.59.